The molecule has 5 N–H and O–H groups in total. The Kier molecular flexibility index (Phi) is 5.82. The summed E-state index contributed by atoms with van der Waals surface area (Å²) in [6.07, 6.45) is -8.06. The van der Waals surface area contributed by atoms with Gasteiger partial charge in [-0.25, -0.2) is 0 Å². The Labute approximate surface area is 174 Å². The lowest BCUT2D eigenvalue weighted by Gasteiger charge is -2.42. The Morgan fingerprint density at radius 2 is 1.83 bits per heavy atom. The zero-order valence-corrected chi connectivity index (χ0v) is 16.8. The summed E-state index contributed by atoms with van der Waals surface area (Å²) in [5.74, 6) is -1.65. The number of carbonyl (C=O) groups excluding carboxylic acids is 1. The van der Waals surface area contributed by atoms with Crippen molar-refractivity contribution < 1.29 is 44.5 Å². The Morgan fingerprint density at radius 3 is 2.50 bits per heavy atom. The summed E-state index contributed by atoms with van der Waals surface area (Å²) in [5.41, 5.74) is 1.44. The van der Waals surface area contributed by atoms with Crippen molar-refractivity contribution in [2.75, 3.05) is 6.61 Å². The highest BCUT2D eigenvalue weighted by molar-refractivity contribution is 5.75. The van der Waals surface area contributed by atoms with Gasteiger partial charge in [0.05, 0.1) is 24.7 Å². The molecule has 30 heavy (non-hydrogen) atoms. The second-order valence-corrected chi connectivity index (χ2v) is 8.96. The summed E-state index contributed by atoms with van der Waals surface area (Å²) in [6.45, 7) is 9.38. The van der Waals surface area contributed by atoms with E-state index < -0.39 is 67.5 Å². The molecule has 12 atom stereocenters. The normalized spacial score (nSPS) is 51.3. The first-order valence-electron chi connectivity index (χ1n) is 10.4. The average Bonchev–Trinajstić information content (AvgIpc) is 3.13. The van der Waals surface area contributed by atoms with Crippen LogP contribution in [0.5, 0.6) is 0 Å². The van der Waals surface area contributed by atoms with E-state index >= 15 is 0 Å². The molecule has 2 saturated carbocycles. The van der Waals surface area contributed by atoms with Gasteiger partial charge < -0.3 is 39.7 Å². The Morgan fingerprint density at radius 1 is 1.13 bits per heavy atom. The molecule has 2 aliphatic carbocycles. The standard InChI is InChI=1S/C21H30O9/c1-7-4-12(28-21-18(26)17(25)16(24)13(6-22)29-21)15-9(3)20(27)30-19(15)14-8(2)11(23)5-10(7)14/h9-19,21-26H,1-2,4-6H2,3H3/t9-,10-,11+,12-,13+,14-,15+,16+,17-,18+,19+,21+/m0/s1. The number of aliphatic hydroxyl groups is 5. The third-order valence-corrected chi connectivity index (χ3v) is 7.28. The molecule has 4 rings (SSSR count). The van der Waals surface area contributed by atoms with Gasteiger partial charge in [0.2, 0.25) is 0 Å². The second kappa shape index (κ2) is 7.98. The molecule has 4 aliphatic rings. The minimum Gasteiger partial charge on any atom is -0.461 e. The number of hydrogen-bond donors (Lipinski definition) is 5. The summed E-state index contributed by atoms with van der Waals surface area (Å²) in [6, 6.07) is 0. The molecule has 0 spiro atoms. The lowest BCUT2D eigenvalue weighted by molar-refractivity contribution is -0.316. The van der Waals surface area contributed by atoms with Crippen molar-refractivity contribution in [2.24, 2.45) is 23.7 Å². The molecule has 0 aromatic rings. The molecule has 168 valence electrons. The zero-order chi connectivity index (χ0) is 21.9. The van der Waals surface area contributed by atoms with E-state index in [1.165, 1.54) is 0 Å². The van der Waals surface area contributed by atoms with Crippen LogP contribution in [-0.4, -0.2) is 87.1 Å². The Balaban J connectivity index is 1.62. The topological polar surface area (TPSA) is 146 Å². The second-order valence-electron chi connectivity index (χ2n) is 8.96. The molecule has 0 amide bonds. The highest BCUT2D eigenvalue weighted by atomic mass is 16.7. The van der Waals surface area contributed by atoms with E-state index in [1.807, 2.05) is 0 Å². The molecule has 0 unspecified atom stereocenters. The SMILES string of the molecule is C=C1[C@@H]2[C@H]3OC(=O)[C@@H](C)[C@@H]3[C@@H](O[C@@H]3O[C@H](CO)[C@@H](O)[C@H](O)[C@H]3O)CC(=C)[C@@H]2C[C@H]1O. The average molecular weight is 426 g/mol. The number of fused-ring (bicyclic) bond motifs is 3. The van der Waals surface area contributed by atoms with Crippen LogP contribution in [0.15, 0.2) is 24.3 Å². The van der Waals surface area contributed by atoms with E-state index in [1.54, 1.807) is 6.92 Å². The fraction of sp³-hybridized carbons (Fsp3) is 0.762. The van der Waals surface area contributed by atoms with Crippen LogP contribution in [0.1, 0.15) is 19.8 Å². The maximum Gasteiger partial charge on any atom is 0.309 e. The van der Waals surface area contributed by atoms with Crippen LogP contribution in [0.25, 0.3) is 0 Å². The third kappa shape index (κ3) is 3.33. The van der Waals surface area contributed by atoms with Gasteiger partial charge in [-0.3, -0.25) is 4.79 Å². The van der Waals surface area contributed by atoms with Gasteiger partial charge in [0.25, 0.3) is 0 Å². The van der Waals surface area contributed by atoms with Crippen molar-refractivity contribution in [3.63, 3.8) is 0 Å². The largest absolute Gasteiger partial charge is 0.461 e. The highest BCUT2D eigenvalue weighted by Crippen LogP contribution is 2.53. The molecule has 0 bridgehead atoms. The number of hydrogen-bond acceptors (Lipinski definition) is 9. The van der Waals surface area contributed by atoms with E-state index in [-0.39, 0.29) is 17.8 Å². The zero-order valence-electron chi connectivity index (χ0n) is 16.8. The highest BCUT2D eigenvalue weighted by Gasteiger charge is 2.58. The first-order valence-corrected chi connectivity index (χ1v) is 10.4. The summed E-state index contributed by atoms with van der Waals surface area (Å²) in [4.78, 5) is 12.4. The molecule has 4 fully saturated rings. The number of rotatable bonds is 3. The lowest BCUT2D eigenvalue weighted by atomic mass is 9.79. The van der Waals surface area contributed by atoms with Gasteiger partial charge >= 0.3 is 5.97 Å². The number of aliphatic hydroxyl groups excluding tert-OH is 5. The maximum absolute atomic E-state index is 12.4. The van der Waals surface area contributed by atoms with E-state index in [0.717, 1.165) is 5.57 Å². The predicted octanol–water partition coefficient (Wildman–Crippen LogP) is -1.14. The van der Waals surface area contributed by atoms with Gasteiger partial charge in [-0.2, -0.15) is 0 Å². The molecule has 0 radical (unpaired) electrons. The summed E-state index contributed by atoms with van der Waals surface area (Å²) < 4.78 is 17.3. The Bertz CT molecular complexity index is 721. The minimum absolute atomic E-state index is 0.110. The van der Waals surface area contributed by atoms with Crippen LogP contribution in [0.4, 0.5) is 0 Å². The molecule has 2 heterocycles. The molecule has 9 nitrogen and oxygen atoms in total. The molecule has 0 aromatic carbocycles. The number of esters is 1. The lowest BCUT2D eigenvalue weighted by Crippen LogP contribution is -2.60. The minimum atomic E-state index is -1.56. The monoisotopic (exact) mass is 426 g/mol. The predicted molar refractivity (Wildman–Crippen MR) is 102 cm³/mol. The van der Waals surface area contributed by atoms with Crippen molar-refractivity contribution in [2.45, 2.75) is 68.8 Å². The quantitative estimate of drug-likeness (QED) is 0.279. The van der Waals surface area contributed by atoms with Crippen LogP contribution in [0, 0.1) is 23.7 Å². The van der Waals surface area contributed by atoms with E-state index in [4.69, 9.17) is 14.2 Å². The molecule has 9 heteroatoms. The fourth-order valence-corrected chi connectivity index (χ4v) is 5.52. The van der Waals surface area contributed by atoms with Gasteiger partial charge in [0.1, 0.15) is 30.5 Å². The molecule has 0 aromatic heterocycles. The van der Waals surface area contributed by atoms with Gasteiger partial charge in [0.15, 0.2) is 6.29 Å². The summed E-state index contributed by atoms with van der Waals surface area (Å²) in [7, 11) is 0. The fourth-order valence-electron chi connectivity index (χ4n) is 5.52. The first-order chi connectivity index (χ1) is 14.1. The van der Waals surface area contributed by atoms with Crippen LogP contribution in [0.2, 0.25) is 0 Å². The van der Waals surface area contributed by atoms with Crippen molar-refractivity contribution in [1.82, 2.24) is 0 Å². The number of carbonyl (C=O) groups is 1. The van der Waals surface area contributed by atoms with Crippen LogP contribution >= 0.6 is 0 Å². The molecule has 2 aliphatic heterocycles. The van der Waals surface area contributed by atoms with Crippen LogP contribution < -0.4 is 0 Å². The maximum atomic E-state index is 12.4. The molecular weight excluding hydrogens is 396 g/mol. The van der Waals surface area contributed by atoms with E-state index in [0.29, 0.717) is 18.4 Å². The summed E-state index contributed by atoms with van der Waals surface area (Å²) in [5, 5.41) is 50.2. The smallest absolute Gasteiger partial charge is 0.309 e. The molecular formula is C21H30O9. The van der Waals surface area contributed by atoms with E-state index in [9.17, 15) is 30.3 Å². The first kappa shape index (κ1) is 21.9. The number of ether oxygens (including phenoxy) is 3. The third-order valence-electron chi connectivity index (χ3n) is 7.28. The van der Waals surface area contributed by atoms with Crippen molar-refractivity contribution >= 4 is 5.97 Å². The summed E-state index contributed by atoms with van der Waals surface area (Å²) >= 11 is 0. The van der Waals surface area contributed by atoms with Gasteiger partial charge in [-0.1, -0.05) is 25.7 Å². The van der Waals surface area contributed by atoms with E-state index in [2.05, 4.69) is 13.2 Å². The van der Waals surface area contributed by atoms with Crippen LogP contribution in [-0.2, 0) is 19.0 Å². The Hall–Kier alpha value is -1.33. The van der Waals surface area contributed by atoms with Gasteiger partial charge in [-0.05, 0) is 24.3 Å². The van der Waals surface area contributed by atoms with Crippen LogP contribution in [0.3, 0.4) is 0 Å². The molecule has 2 saturated heterocycles. The van der Waals surface area contributed by atoms with Crippen molar-refractivity contribution in [1.29, 1.82) is 0 Å². The van der Waals surface area contributed by atoms with Crippen molar-refractivity contribution in [3.05, 3.63) is 24.3 Å². The van der Waals surface area contributed by atoms with Gasteiger partial charge in [0, 0.05) is 11.8 Å². The van der Waals surface area contributed by atoms with Gasteiger partial charge in [-0.15, -0.1) is 0 Å². The van der Waals surface area contributed by atoms with Crippen molar-refractivity contribution in [3.8, 4) is 0 Å².